The van der Waals surface area contributed by atoms with Gasteiger partial charge in [-0.2, -0.15) is 0 Å². The summed E-state index contributed by atoms with van der Waals surface area (Å²) < 4.78 is 5.74. The quantitative estimate of drug-likeness (QED) is 0.102. The van der Waals surface area contributed by atoms with Crippen molar-refractivity contribution >= 4 is 47.3 Å². The third kappa shape index (κ3) is 7.05. The molecule has 1 aliphatic rings. The Hall–Kier alpha value is -5.80. The maximum atomic E-state index is 12.7. The third-order valence-electron chi connectivity index (χ3n) is 7.50. The van der Waals surface area contributed by atoms with E-state index < -0.39 is 34.3 Å². The SMILES string of the molecule is COC(=O)c1ccc2c(c1)CC[C@@H]2NC(=O)c1cc(C(=O)O)n2[nH]c(=O)cc2n1.Cl.NCc1cccc(CNc2c(N)c(=O)c2=O)c1. The Morgan fingerprint density at radius 1 is 1.06 bits per heavy atom. The van der Waals surface area contributed by atoms with Crippen molar-refractivity contribution in [3.63, 3.8) is 0 Å². The summed E-state index contributed by atoms with van der Waals surface area (Å²) in [6.07, 6.45) is 1.30. The summed E-state index contributed by atoms with van der Waals surface area (Å²) in [7, 11) is 1.31. The molecule has 0 unspecified atom stereocenters. The van der Waals surface area contributed by atoms with Crippen molar-refractivity contribution in [2.45, 2.75) is 32.0 Å². The van der Waals surface area contributed by atoms with Gasteiger partial charge in [-0.3, -0.25) is 24.3 Å². The molecule has 6 rings (SSSR count). The molecule has 2 heterocycles. The lowest BCUT2D eigenvalue weighted by Gasteiger charge is -2.14. The number of esters is 1. The van der Waals surface area contributed by atoms with Gasteiger partial charge in [-0.1, -0.05) is 30.3 Å². The molecule has 0 saturated carbocycles. The van der Waals surface area contributed by atoms with E-state index in [2.05, 4.69) is 20.7 Å². The number of nitrogens with zero attached hydrogens (tertiary/aromatic N) is 2. The Morgan fingerprint density at radius 2 is 1.81 bits per heavy atom. The standard InChI is InChI=1S/C19H16N4O6.C12H13N3O2.ClH/c1-29-19(28)10-2-4-11-9(6-10)3-5-12(11)21-17(25)13-7-14(18(26)27)23-15(20-13)8-16(24)22-23;13-5-7-2-1-3-8(4-7)6-15-10-9(14)11(16)12(10)17;/h2,4,6-8,12H,3,5H2,1H3,(H,21,25)(H,22,24)(H,26,27);1-4,15H,5-6,13-14H2;1H/t12-;;/m0../s1. The monoisotopic (exact) mass is 663 g/mol. The summed E-state index contributed by atoms with van der Waals surface area (Å²) >= 11 is 0. The molecule has 47 heavy (non-hydrogen) atoms. The van der Waals surface area contributed by atoms with Gasteiger partial charge in [-0.25, -0.2) is 19.1 Å². The van der Waals surface area contributed by atoms with Gasteiger partial charge in [0.25, 0.3) is 22.3 Å². The molecule has 0 aliphatic heterocycles. The van der Waals surface area contributed by atoms with E-state index in [1.165, 1.54) is 7.11 Å². The number of carboxylic acids is 1. The van der Waals surface area contributed by atoms with Gasteiger partial charge < -0.3 is 31.9 Å². The van der Waals surface area contributed by atoms with Crippen molar-refractivity contribution in [1.82, 2.24) is 19.9 Å². The Morgan fingerprint density at radius 3 is 2.49 bits per heavy atom. The van der Waals surface area contributed by atoms with Crippen LogP contribution in [0.3, 0.4) is 0 Å². The number of ether oxygens (including phenoxy) is 1. The van der Waals surface area contributed by atoms with E-state index in [1.54, 1.807) is 18.2 Å². The molecule has 8 N–H and O–H groups in total. The number of fused-ring (bicyclic) bond motifs is 2. The van der Waals surface area contributed by atoms with Crippen LogP contribution in [0.2, 0.25) is 0 Å². The number of nitrogens with two attached hydrogens (primary N) is 2. The fourth-order valence-electron chi connectivity index (χ4n) is 5.16. The molecule has 1 atom stereocenters. The van der Waals surface area contributed by atoms with Crippen LogP contribution in [0.1, 0.15) is 66.1 Å². The lowest BCUT2D eigenvalue weighted by Crippen LogP contribution is -2.36. The van der Waals surface area contributed by atoms with Crippen molar-refractivity contribution in [3.8, 4) is 0 Å². The second-order valence-electron chi connectivity index (χ2n) is 10.4. The van der Waals surface area contributed by atoms with Gasteiger partial charge in [0.1, 0.15) is 17.1 Å². The maximum Gasteiger partial charge on any atom is 0.354 e. The second-order valence-corrected chi connectivity index (χ2v) is 10.4. The minimum Gasteiger partial charge on any atom is -0.477 e. The zero-order valence-corrected chi connectivity index (χ0v) is 25.7. The highest BCUT2D eigenvalue weighted by atomic mass is 35.5. The number of carboxylic acid groups (broad SMARTS) is 1. The van der Waals surface area contributed by atoms with E-state index in [9.17, 15) is 33.9 Å². The van der Waals surface area contributed by atoms with Crippen LogP contribution in [0.15, 0.2) is 69.0 Å². The number of nitrogens with one attached hydrogen (secondary N) is 3. The highest BCUT2D eigenvalue weighted by molar-refractivity contribution is 5.96. The molecule has 0 spiro atoms. The van der Waals surface area contributed by atoms with Gasteiger partial charge >= 0.3 is 11.9 Å². The summed E-state index contributed by atoms with van der Waals surface area (Å²) in [6.45, 7) is 0.916. The Labute approximate surface area is 271 Å². The van der Waals surface area contributed by atoms with Gasteiger partial charge in [0.2, 0.25) is 0 Å². The van der Waals surface area contributed by atoms with Gasteiger partial charge in [0.15, 0.2) is 11.3 Å². The molecule has 15 nitrogen and oxygen atoms in total. The average Bonchev–Trinajstić information content (AvgIpc) is 3.65. The van der Waals surface area contributed by atoms with Gasteiger partial charge in [0.05, 0.1) is 18.7 Å². The molecule has 1 amide bonds. The number of benzene rings is 2. The van der Waals surface area contributed by atoms with Gasteiger partial charge in [-0.15, -0.1) is 12.4 Å². The summed E-state index contributed by atoms with van der Waals surface area (Å²) in [5.41, 5.74) is 13.4. The number of amides is 1. The predicted molar refractivity (Wildman–Crippen MR) is 174 cm³/mol. The summed E-state index contributed by atoms with van der Waals surface area (Å²) in [6, 6.07) is 14.7. The Bertz CT molecular complexity index is 2130. The first-order valence-electron chi connectivity index (χ1n) is 14.0. The van der Waals surface area contributed by atoms with Crippen molar-refractivity contribution in [2.24, 2.45) is 5.73 Å². The Kier molecular flexibility index (Phi) is 10.2. The smallest absolute Gasteiger partial charge is 0.354 e. The first-order chi connectivity index (χ1) is 22.0. The molecule has 3 aromatic carbocycles. The number of rotatable bonds is 8. The molecule has 16 heteroatoms. The van der Waals surface area contributed by atoms with E-state index in [0.29, 0.717) is 31.5 Å². The van der Waals surface area contributed by atoms with Crippen molar-refractivity contribution in [3.05, 3.63) is 125 Å². The third-order valence-corrected chi connectivity index (χ3v) is 7.50. The number of aromatic nitrogens is 3. The van der Waals surface area contributed by atoms with E-state index in [-0.39, 0.29) is 46.9 Å². The van der Waals surface area contributed by atoms with Crippen LogP contribution >= 0.6 is 12.4 Å². The molecule has 0 saturated heterocycles. The molecule has 0 fully saturated rings. The lowest BCUT2D eigenvalue weighted by atomic mass is 10.0. The molecular formula is C31H30ClN7O8. The first-order valence-corrected chi connectivity index (χ1v) is 14.0. The number of halogens is 1. The van der Waals surface area contributed by atoms with Crippen molar-refractivity contribution < 1.29 is 24.2 Å². The zero-order valence-electron chi connectivity index (χ0n) is 24.9. The van der Waals surface area contributed by atoms with Crippen LogP contribution in [0.4, 0.5) is 11.4 Å². The normalized spacial score (nSPS) is 13.2. The van der Waals surface area contributed by atoms with Crippen LogP contribution < -0.4 is 38.5 Å². The lowest BCUT2D eigenvalue weighted by molar-refractivity contribution is 0.0599. The maximum absolute atomic E-state index is 12.7. The highest BCUT2D eigenvalue weighted by Gasteiger charge is 2.27. The van der Waals surface area contributed by atoms with E-state index in [1.807, 2.05) is 24.3 Å². The summed E-state index contributed by atoms with van der Waals surface area (Å²) in [5, 5.41) is 17.4. The zero-order chi connectivity index (χ0) is 33.1. The van der Waals surface area contributed by atoms with E-state index in [0.717, 1.165) is 38.9 Å². The largest absolute Gasteiger partial charge is 0.477 e. The number of anilines is 2. The van der Waals surface area contributed by atoms with Gasteiger partial charge in [-0.05, 0) is 47.2 Å². The van der Waals surface area contributed by atoms with Crippen LogP contribution in [0.5, 0.6) is 0 Å². The van der Waals surface area contributed by atoms with Crippen LogP contribution in [-0.2, 0) is 24.2 Å². The van der Waals surface area contributed by atoms with Gasteiger partial charge in [0, 0.05) is 25.2 Å². The van der Waals surface area contributed by atoms with Crippen LogP contribution in [0, 0.1) is 0 Å². The number of H-pyrrole nitrogens is 1. The fourth-order valence-corrected chi connectivity index (χ4v) is 5.16. The molecule has 5 aromatic rings. The van der Waals surface area contributed by atoms with Crippen LogP contribution in [0.25, 0.3) is 5.65 Å². The number of carbonyl (C=O) groups is 3. The average molecular weight is 664 g/mol. The number of nitrogen functional groups attached to an aromatic ring is 1. The Balaban J connectivity index is 0.000000238. The predicted octanol–water partition coefficient (Wildman–Crippen LogP) is 1.28. The number of methoxy groups -OCH3 is 1. The number of hydrogen-bond donors (Lipinski definition) is 6. The topological polar surface area (TPSA) is 241 Å². The minimum absolute atomic E-state index is 0. The molecular weight excluding hydrogens is 634 g/mol. The number of aromatic carboxylic acids is 1. The molecule has 0 radical (unpaired) electrons. The van der Waals surface area contributed by atoms with Crippen molar-refractivity contribution in [1.29, 1.82) is 0 Å². The number of carbonyl (C=O) groups excluding carboxylic acids is 2. The highest BCUT2D eigenvalue weighted by Crippen LogP contribution is 2.32. The molecule has 1 aliphatic carbocycles. The number of aryl methyl sites for hydroxylation is 1. The number of hydrogen-bond acceptors (Lipinski definition) is 11. The summed E-state index contributed by atoms with van der Waals surface area (Å²) in [4.78, 5) is 73.5. The van der Waals surface area contributed by atoms with E-state index in [4.69, 9.17) is 16.2 Å². The second kappa shape index (κ2) is 14.1. The molecule has 244 valence electrons. The molecule has 2 aromatic heterocycles. The number of aromatic amines is 1. The van der Waals surface area contributed by atoms with Crippen LogP contribution in [-0.4, -0.2) is 44.7 Å². The fraction of sp³-hybridized carbons (Fsp3) is 0.194. The van der Waals surface area contributed by atoms with Crippen molar-refractivity contribution in [2.75, 3.05) is 18.2 Å². The van der Waals surface area contributed by atoms with E-state index >= 15 is 0 Å². The minimum atomic E-state index is -1.31. The first kappa shape index (κ1) is 34.1. The summed E-state index contributed by atoms with van der Waals surface area (Å²) in [5.74, 6) is -2.29. The molecule has 0 bridgehead atoms.